The standard InChI is InChI=1S/C20H20O6/c21-9-15(5-13-1-3-17-19(7-13)25-11-23-17)16(10-22)6-14-2-4-18-20(8-14)26-12-24-18/h1-4,7-9,15-16,22H,5-6,10-12H2/t15-,16-/m0/s1. The van der Waals surface area contributed by atoms with Crippen LogP contribution in [0.2, 0.25) is 0 Å². The third-order valence-electron chi connectivity index (χ3n) is 4.86. The normalized spacial score (nSPS) is 16.3. The highest BCUT2D eigenvalue weighted by atomic mass is 16.7. The van der Waals surface area contributed by atoms with Gasteiger partial charge in [0.2, 0.25) is 13.6 Å². The first kappa shape index (κ1) is 16.7. The predicted molar refractivity (Wildman–Crippen MR) is 92.7 cm³/mol. The van der Waals surface area contributed by atoms with Gasteiger partial charge in [-0.05, 0) is 54.2 Å². The van der Waals surface area contributed by atoms with Crippen LogP contribution in [-0.2, 0) is 17.6 Å². The highest BCUT2D eigenvalue weighted by Gasteiger charge is 2.24. The average Bonchev–Trinajstić information content (AvgIpc) is 3.32. The van der Waals surface area contributed by atoms with Crippen molar-refractivity contribution in [1.82, 2.24) is 0 Å². The largest absolute Gasteiger partial charge is 0.454 e. The summed E-state index contributed by atoms with van der Waals surface area (Å²) in [6.45, 7) is 0.380. The maximum Gasteiger partial charge on any atom is 0.231 e. The summed E-state index contributed by atoms with van der Waals surface area (Å²) >= 11 is 0. The average molecular weight is 356 g/mol. The van der Waals surface area contributed by atoms with E-state index in [1.807, 2.05) is 36.4 Å². The summed E-state index contributed by atoms with van der Waals surface area (Å²) in [5.74, 6) is 2.36. The molecule has 0 amide bonds. The Morgan fingerprint density at radius 3 is 1.92 bits per heavy atom. The topological polar surface area (TPSA) is 74.2 Å². The zero-order chi connectivity index (χ0) is 17.9. The van der Waals surface area contributed by atoms with Crippen molar-refractivity contribution in [2.75, 3.05) is 20.2 Å². The molecule has 6 nitrogen and oxygen atoms in total. The molecule has 136 valence electrons. The van der Waals surface area contributed by atoms with Crippen molar-refractivity contribution in [3.63, 3.8) is 0 Å². The lowest BCUT2D eigenvalue weighted by Crippen LogP contribution is -2.24. The number of aldehydes is 1. The molecule has 2 aromatic carbocycles. The molecule has 0 aliphatic carbocycles. The lowest BCUT2D eigenvalue weighted by atomic mass is 9.84. The molecule has 2 aliphatic rings. The Morgan fingerprint density at radius 1 is 0.846 bits per heavy atom. The Hall–Kier alpha value is -2.73. The van der Waals surface area contributed by atoms with Gasteiger partial charge in [-0.1, -0.05) is 12.1 Å². The predicted octanol–water partition coefficient (Wildman–Crippen LogP) is 2.35. The first-order valence-corrected chi connectivity index (χ1v) is 8.60. The summed E-state index contributed by atoms with van der Waals surface area (Å²) in [6, 6.07) is 11.4. The molecule has 4 rings (SSSR count). The maximum atomic E-state index is 11.7. The molecule has 0 radical (unpaired) electrons. The minimum Gasteiger partial charge on any atom is -0.454 e. The van der Waals surface area contributed by atoms with Gasteiger partial charge < -0.3 is 28.8 Å². The number of ether oxygens (including phenoxy) is 4. The van der Waals surface area contributed by atoms with Crippen LogP contribution in [0, 0.1) is 11.8 Å². The van der Waals surface area contributed by atoms with Gasteiger partial charge in [0, 0.05) is 12.5 Å². The summed E-state index contributed by atoms with van der Waals surface area (Å²) in [7, 11) is 0. The van der Waals surface area contributed by atoms with E-state index in [4.69, 9.17) is 18.9 Å². The van der Waals surface area contributed by atoms with Crippen LogP contribution in [0.5, 0.6) is 23.0 Å². The van der Waals surface area contributed by atoms with Crippen molar-refractivity contribution in [3.05, 3.63) is 47.5 Å². The molecule has 0 unspecified atom stereocenters. The highest BCUT2D eigenvalue weighted by Crippen LogP contribution is 2.35. The second kappa shape index (κ2) is 7.25. The van der Waals surface area contributed by atoms with Gasteiger partial charge in [0.25, 0.3) is 0 Å². The summed E-state index contributed by atoms with van der Waals surface area (Å²) in [5, 5.41) is 9.86. The molecule has 0 saturated heterocycles. The van der Waals surface area contributed by atoms with Crippen LogP contribution in [-0.4, -0.2) is 31.6 Å². The molecule has 0 fully saturated rings. The number of fused-ring (bicyclic) bond motifs is 2. The fourth-order valence-corrected chi connectivity index (χ4v) is 3.39. The Kier molecular flexibility index (Phi) is 4.67. The molecule has 2 heterocycles. The number of carbonyl (C=O) groups excluding carboxylic acids is 1. The number of rotatable bonds is 7. The van der Waals surface area contributed by atoms with Crippen molar-refractivity contribution < 1.29 is 28.8 Å². The first-order valence-electron chi connectivity index (χ1n) is 8.60. The Bertz CT molecular complexity index is 803. The van der Waals surface area contributed by atoms with Gasteiger partial charge >= 0.3 is 0 Å². The quantitative estimate of drug-likeness (QED) is 0.768. The number of carbonyl (C=O) groups is 1. The lowest BCUT2D eigenvalue weighted by Gasteiger charge is -2.21. The van der Waals surface area contributed by atoms with Crippen LogP contribution < -0.4 is 18.9 Å². The minimum atomic E-state index is -0.300. The van der Waals surface area contributed by atoms with E-state index in [1.165, 1.54) is 0 Å². The van der Waals surface area contributed by atoms with Gasteiger partial charge in [-0.25, -0.2) is 0 Å². The van der Waals surface area contributed by atoms with Crippen LogP contribution in [0.3, 0.4) is 0 Å². The van der Waals surface area contributed by atoms with E-state index in [9.17, 15) is 9.90 Å². The van der Waals surface area contributed by atoms with Crippen LogP contribution in [0.15, 0.2) is 36.4 Å². The monoisotopic (exact) mass is 356 g/mol. The van der Waals surface area contributed by atoms with Crippen LogP contribution >= 0.6 is 0 Å². The molecular formula is C20H20O6. The maximum absolute atomic E-state index is 11.7. The zero-order valence-corrected chi connectivity index (χ0v) is 14.2. The molecule has 0 bridgehead atoms. The molecule has 26 heavy (non-hydrogen) atoms. The molecule has 2 aliphatic heterocycles. The third-order valence-corrected chi connectivity index (χ3v) is 4.86. The van der Waals surface area contributed by atoms with Gasteiger partial charge in [0.15, 0.2) is 23.0 Å². The van der Waals surface area contributed by atoms with Crippen molar-refractivity contribution in [2.45, 2.75) is 12.8 Å². The number of aliphatic hydroxyl groups is 1. The summed E-state index contributed by atoms with van der Waals surface area (Å²) in [6.07, 6.45) is 2.05. The highest BCUT2D eigenvalue weighted by molar-refractivity contribution is 5.56. The van der Waals surface area contributed by atoms with E-state index in [1.54, 1.807) is 0 Å². The van der Waals surface area contributed by atoms with Crippen LogP contribution in [0.4, 0.5) is 0 Å². The van der Waals surface area contributed by atoms with E-state index < -0.39 is 0 Å². The Balaban J connectivity index is 1.47. The number of hydrogen-bond acceptors (Lipinski definition) is 6. The third kappa shape index (κ3) is 3.32. The van der Waals surface area contributed by atoms with E-state index in [0.717, 1.165) is 28.9 Å². The second-order valence-electron chi connectivity index (χ2n) is 6.53. The van der Waals surface area contributed by atoms with E-state index in [0.29, 0.717) is 24.3 Å². The summed E-state index contributed by atoms with van der Waals surface area (Å²) in [4.78, 5) is 11.7. The van der Waals surface area contributed by atoms with E-state index in [-0.39, 0.29) is 32.0 Å². The second-order valence-corrected chi connectivity index (χ2v) is 6.53. The fourth-order valence-electron chi connectivity index (χ4n) is 3.39. The van der Waals surface area contributed by atoms with Crippen molar-refractivity contribution >= 4 is 6.29 Å². The van der Waals surface area contributed by atoms with Crippen molar-refractivity contribution in [3.8, 4) is 23.0 Å². The van der Waals surface area contributed by atoms with Gasteiger partial charge in [0.1, 0.15) is 6.29 Å². The molecule has 1 N–H and O–H groups in total. The first-order chi connectivity index (χ1) is 12.8. The molecule has 0 saturated carbocycles. The van der Waals surface area contributed by atoms with E-state index in [2.05, 4.69) is 0 Å². The molecule has 0 spiro atoms. The summed E-state index contributed by atoms with van der Waals surface area (Å²) in [5.41, 5.74) is 1.99. The summed E-state index contributed by atoms with van der Waals surface area (Å²) < 4.78 is 21.4. The lowest BCUT2D eigenvalue weighted by molar-refractivity contribution is -0.113. The number of benzene rings is 2. The minimum absolute atomic E-state index is 0.0671. The Labute approximate surface area is 151 Å². The van der Waals surface area contributed by atoms with Gasteiger partial charge in [0.05, 0.1) is 0 Å². The SMILES string of the molecule is O=C[C@H](Cc1ccc2c(c1)OCO2)[C@H](CO)Cc1ccc2c(c1)OCO2. The smallest absolute Gasteiger partial charge is 0.231 e. The molecule has 2 atom stereocenters. The van der Waals surface area contributed by atoms with Gasteiger partial charge in [-0.3, -0.25) is 0 Å². The number of hydrogen-bond donors (Lipinski definition) is 1. The zero-order valence-electron chi connectivity index (χ0n) is 14.2. The molecule has 0 aromatic heterocycles. The van der Waals surface area contributed by atoms with Gasteiger partial charge in [-0.15, -0.1) is 0 Å². The van der Waals surface area contributed by atoms with Gasteiger partial charge in [-0.2, -0.15) is 0 Å². The molecule has 2 aromatic rings. The van der Waals surface area contributed by atoms with Crippen molar-refractivity contribution in [1.29, 1.82) is 0 Å². The number of aliphatic hydroxyl groups excluding tert-OH is 1. The van der Waals surface area contributed by atoms with Crippen LogP contribution in [0.1, 0.15) is 11.1 Å². The molecular weight excluding hydrogens is 336 g/mol. The van der Waals surface area contributed by atoms with Crippen LogP contribution in [0.25, 0.3) is 0 Å². The van der Waals surface area contributed by atoms with Crippen molar-refractivity contribution in [2.24, 2.45) is 11.8 Å². The fraction of sp³-hybridized carbons (Fsp3) is 0.350. The van der Waals surface area contributed by atoms with E-state index >= 15 is 0 Å². The Morgan fingerprint density at radius 2 is 1.38 bits per heavy atom. The molecule has 6 heteroatoms.